The predicted molar refractivity (Wildman–Crippen MR) is 78.7 cm³/mol. The number of nitrogens with one attached hydrogen (secondary N) is 2. The van der Waals surface area contributed by atoms with E-state index in [1.54, 1.807) is 12.1 Å². The third-order valence-electron chi connectivity index (χ3n) is 2.38. The van der Waals surface area contributed by atoms with E-state index >= 15 is 0 Å². The van der Waals surface area contributed by atoms with Crippen LogP contribution in [0.25, 0.3) is 6.08 Å². The van der Waals surface area contributed by atoms with E-state index < -0.39 is 0 Å². The van der Waals surface area contributed by atoms with Crippen LogP contribution < -0.4 is 10.6 Å². The molecule has 2 aromatic rings. The second-order valence-electron chi connectivity index (χ2n) is 3.97. The van der Waals surface area contributed by atoms with Gasteiger partial charge in [-0.05, 0) is 24.6 Å². The summed E-state index contributed by atoms with van der Waals surface area (Å²) in [7, 11) is 0. The fraction of sp³-hybridized carbons (Fsp3) is 0.231. The quantitative estimate of drug-likeness (QED) is 0.788. The monoisotopic (exact) mass is 306 g/mol. The highest BCUT2D eigenvalue weighted by atomic mass is 32.1. The average Bonchev–Trinajstić information content (AvgIpc) is 3.14. The van der Waals surface area contributed by atoms with Gasteiger partial charge in [-0.25, -0.2) is 0 Å². The third kappa shape index (κ3) is 4.84. The van der Waals surface area contributed by atoms with E-state index in [-0.39, 0.29) is 18.4 Å². The largest absolute Gasteiger partial charge is 0.465 e. The molecule has 2 amide bonds. The van der Waals surface area contributed by atoms with Gasteiger partial charge in [0.25, 0.3) is 0 Å². The first-order chi connectivity index (χ1) is 10.2. The zero-order chi connectivity index (χ0) is 15.1. The maximum absolute atomic E-state index is 11.6. The molecule has 21 heavy (non-hydrogen) atoms. The summed E-state index contributed by atoms with van der Waals surface area (Å²) in [5.41, 5.74) is 0. The molecule has 0 aromatic carbocycles. The Labute approximate surface area is 125 Å². The van der Waals surface area contributed by atoms with Gasteiger partial charge in [-0.3, -0.25) is 14.9 Å². The van der Waals surface area contributed by atoms with Gasteiger partial charge in [-0.1, -0.05) is 18.3 Å². The molecule has 7 nitrogen and oxygen atoms in total. The SMILES string of the molecule is CCc1nnc(NC(=O)CNC(=O)C=Cc2ccco2)s1. The summed E-state index contributed by atoms with van der Waals surface area (Å²) < 4.78 is 5.04. The number of hydrogen-bond acceptors (Lipinski definition) is 6. The topological polar surface area (TPSA) is 97.1 Å². The van der Waals surface area contributed by atoms with Gasteiger partial charge in [0, 0.05) is 6.08 Å². The highest BCUT2D eigenvalue weighted by Crippen LogP contribution is 2.14. The normalized spacial score (nSPS) is 10.7. The van der Waals surface area contributed by atoms with Crippen molar-refractivity contribution in [1.82, 2.24) is 15.5 Å². The zero-order valence-corrected chi connectivity index (χ0v) is 12.1. The molecule has 0 saturated carbocycles. The van der Waals surface area contributed by atoms with Crippen molar-refractivity contribution < 1.29 is 14.0 Å². The maximum atomic E-state index is 11.6. The molecule has 0 aliphatic rings. The molecular formula is C13H14N4O3S. The van der Waals surface area contributed by atoms with Crippen LogP contribution in [0.5, 0.6) is 0 Å². The molecule has 0 aliphatic carbocycles. The Hall–Kier alpha value is -2.48. The second-order valence-corrected chi connectivity index (χ2v) is 5.03. The lowest BCUT2D eigenvalue weighted by Gasteiger charge is -2.01. The number of carbonyl (C=O) groups is 2. The molecule has 2 rings (SSSR count). The van der Waals surface area contributed by atoms with Gasteiger partial charge < -0.3 is 9.73 Å². The van der Waals surface area contributed by atoms with Gasteiger partial charge in [-0.15, -0.1) is 10.2 Å². The van der Waals surface area contributed by atoms with E-state index in [4.69, 9.17) is 4.42 Å². The van der Waals surface area contributed by atoms with Gasteiger partial charge >= 0.3 is 0 Å². The zero-order valence-electron chi connectivity index (χ0n) is 11.3. The third-order valence-corrected chi connectivity index (χ3v) is 3.36. The van der Waals surface area contributed by atoms with Gasteiger partial charge in [0.1, 0.15) is 10.8 Å². The molecule has 0 unspecified atom stereocenters. The molecule has 0 saturated heterocycles. The van der Waals surface area contributed by atoms with Crippen LogP contribution in [0.4, 0.5) is 5.13 Å². The summed E-state index contributed by atoms with van der Waals surface area (Å²) >= 11 is 1.31. The van der Waals surface area contributed by atoms with Crippen molar-refractivity contribution in [2.45, 2.75) is 13.3 Å². The molecule has 0 atom stereocenters. The number of anilines is 1. The number of furan rings is 1. The number of carbonyl (C=O) groups excluding carboxylic acids is 2. The fourth-order valence-electron chi connectivity index (χ4n) is 1.38. The fourth-order valence-corrected chi connectivity index (χ4v) is 2.08. The molecule has 2 N–H and O–H groups in total. The Morgan fingerprint density at radius 1 is 1.43 bits per heavy atom. The Kier molecular flexibility index (Phi) is 5.22. The summed E-state index contributed by atoms with van der Waals surface area (Å²) in [6.07, 6.45) is 5.09. The summed E-state index contributed by atoms with van der Waals surface area (Å²) in [5, 5.41) is 14.0. The van der Waals surface area contributed by atoms with Crippen LogP contribution in [0.15, 0.2) is 28.9 Å². The molecule has 0 radical (unpaired) electrons. The highest BCUT2D eigenvalue weighted by molar-refractivity contribution is 7.15. The number of hydrogen-bond donors (Lipinski definition) is 2. The van der Waals surface area contributed by atoms with E-state index in [0.29, 0.717) is 10.9 Å². The number of aromatic nitrogens is 2. The van der Waals surface area contributed by atoms with Crippen LogP contribution in [0.1, 0.15) is 17.7 Å². The lowest BCUT2D eigenvalue weighted by atomic mass is 10.4. The minimum absolute atomic E-state index is 0.137. The van der Waals surface area contributed by atoms with E-state index in [9.17, 15) is 9.59 Å². The van der Waals surface area contributed by atoms with Gasteiger partial charge in [0.2, 0.25) is 16.9 Å². The van der Waals surface area contributed by atoms with Crippen molar-refractivity contribution in [2.24, 2.45) is 0 Å². The van der Waals surface area contributed by atoms with Crippen molar-refractivity contribution in [3.63, 3.8) is 0 Å². The van der Waals surface area contributed by atoms with Crippen LogP contribution in [-0.4, -0.2) is 28.6 Å². The van der Waals surface area contributed by atoms with Crippen molar-refractivity contribution in [2.75, 3.05) is 11.9 Å². The minimum Gasteiger partial charge on any atom is -0.465 e. The average molecular weight is 306 g/mol. The number of aryl methyl sites for hydroxylation is 1. The smallest absolute Gasteiger partial charge is 0.245 e. The first-order valence-electron chi connectivity index (χ1n) is 6.29. The molecule has 0 spiro atoms. The number of nitrogens with zero attached hydrogens (tertiary/aromatic N) is 2. The first kappa shape index (κ1) is 14.9. The lowest BCUT2D eigenvalue weighted by molar-refractivity contribution is -0.121. The summed E-state index contributed by atoms with van der Waals surface area (Å²) in [6, 6.07) is 3.44. The van der Waals surface area contributed by atoms with Crippen LogP contribution in [0.2, 0.25) is 0 Å². The predicted octanol–water partition coefficient (Wildman–Crippen LogP) is 1.46. The van der Waals surface area contributed by atoms with E-state index in [0.717, 1.165) is 11.4 Å². The minimum atomic E-state index is -0.381. The van der Waals surface area contributed by atoms with E-state index in [1.165, 1.54) is 29.8 Å². The maximum Gasteiger partial charge on any atom is 0.245 e. The van der Waals surface area contributed by atoms with Gasteiger partial charge in [-0.2, -0.15) is 0 Å². The highest BCUT2D eigenvalue weighted by Gasteiger charge is 2.08. The van der Waals surface area contributed by atoms with Crippen molar-refractivity contribution in [3.05, 3.63) is 35.2 Å². The van der Waals surface area contributed by atoms with Crippen molar-refractivity contribution in [1.29, 1.82) is 0 Å². The molecule has 8 heteroatoms. The molecule has 0 bridgehead atoms. The van der Waals surface area contributed by atoms with Crippen molar-refractivity contribution in [3.8, 4) is 0 Å². The first-order valence-corrected chi connectivity index (χ1v) is 7.10. The summed E-state index contributed by atoms with van der Waals surface area (Å²) in [5.74, 6) is -0.169. The van der Waals surface area contributed by atoms with Crippen LogP contribution >= 0.6 is 11.3 Å². The van der Waals surface area contributed by atoms with E-state index in [1.807, 2.05) is 6.92 Å². The van der Waals surface area contributed by atoms with Gasteiger partial charge in [0.15, 0.2) is 0 Å². The Balaban J connectivity index is 1.74. The molecular weight excluding hydrogens is 292 g/mol. The van der Waals surface area contributed by atoms with Gasteiger partial charge in [0.05, 0.1) is 12.8 Å². The van der Waals surface area contributed by atoms with Crippen molar-refractivity contribution >= 4 is 34.4 Å². The number of amides is 2. The number of rotatable bonds is 6. The molecule has 2 heterocycles. The molecule has 0 aliphatic heterocycles. The Morgan fingerprint density at radius 3 is 2.95 bits per heavy atom. The second kappa shape index (κ2) is 7.34. The van der Waals surface area contributed by atoms with E-state index in [2.05, 4.69) is 20.8 Å². The van der Waals surface area contributed by atoms with Crippen LogP contribution in [0, 0.1) is 0 Å². The van der Waals surface area contributed by atoms with Crippen LogP contribution in [-0.2, 0) is 16.0 Å². The summed E-state index contributed by atoms with van der Waals surface area (Å²) in [4.78, 5) is 23.1. The molecule has 110 valence electrons. The lowest BCUT2D eigenvalue weighted by Crippen LogP contribution is -2.31. The summed E-state index contributed by atoms with van der Waals surface area (Å²) in [6.45, 7) is 1.82. The molecule has 0 fully saturated rings. The standard InChI is InChI=1S/C13H14N4O3S/c1-2-12-16-17-13(21-12)15-11(19)8-14-10(18)6-5-9-4-3-7-20-9/h3-7H,2,8H2,1H3,(H,14,18)(H,15,17,19). The Bertz CT molecular complexity index is 634. The van der Waals surface area contributed by atoms with Crippen LogP contribution in [0.3, 0.4) is 0 Å². The molecule has 2 aromatic heterocycles. The Morgan fingerprint density at radius 2 is 2.29 bits per heavy atom.